The highest BCUT2D eigenvalue weighted by atomic mass is 31.2. The molecule has 7 heteroatoms. The highest BCUT2D eigenvalue weighted by Gasteiger charge is 2.33. The smallest absolute Gasteiger partial charge is 0.361 e. The maximum Gasteiger partial charge on any atom is 0.479 e. The van der Waals surface area contributed by atoms with E-state index in [2.05, 4.69) is 23.3 Å². The van der Waals surface area contributed by atoms with Crippen LogP contribution in [-0.4, -0.2) is 49.0 Å². The van der Waals surface area contributed by atoms with Gasteiger partial charge in [0.05, 0.1) is 32.8 Å². The lowest BCUT2D eigenvalue weighted by Gasteiger charge is -2.31. The maximum absolute atomic E-state index is 12.8. The van der Waals surface area contributed by atoms with Crippen molar-refractivity contribution in [2.75, 3.05) is 27.4 Å². The average Bonchev–Trinajstić information content (AvgIpc) is 2.93. The lowest BCUT2D eigenvalue weighted by molar-refractivity contribution is -0.906. The van der Waals surface area contributed by atoms with E-state index < -0.39 is 7.82 Å². The van der Waals surface area contributed by atoms with E-state index in [0.717, 1.165) is 18.5 Å². The van der Waals surface area contributed by atoms with Crippen LogP contribution in [0.3, 0.4) is 0 Å². The van der Waals surface area contributed by atoms with Crippen LogP contribution in [0.25, 0.3) is 10.9 Å². The molecule has 0 bridgehead atoms. The second-order valence-corrected chi connectivity index (χ2v) is 9.36. The number of fused-ring (bicyclic) bond motifs is 1. The van der Waals surface area contributed by atoms with Gasteiger partial charge in [0.2, 0.25) is 0 Å². The lowest BCUT2D eigenvalue weighted by Crippen LogP contribution is -2.43. The molecular formula is C19H32N2O4P+. The van der Waals surface area contributed by atoms with E-state index >= 15 is 0 Å². The fourth-order valence-electron chi connectivity index (χ4n) is 2.66. The van der Waals surface area contributed by atoms with Crippen molar-refractivity contribution in [1.82, 2.24) is 4.98 Å². The number of nitrogens with zero attached hydrogens (tertiary/aromatic N) is 1. The van der Waals surface area contributed by atoms with E-state index in [1.54, 1.807) is 0 Å². The van der Waals surface area contributed by atoms with Crippen molar-refractivity contribution >= 4 is 18.7 Å². The van der Waals surface area contributed by atoms with E-state index in [4.69, 9.17) is 13.6 Å². The Balaban J connectivity index is 1.97. The predicted molar refractivity (Wildman–Crippen MR) is 105 cm³/mol. The number of H-pyrrole nitrogens is 1. The number of phosphoric ester groups is 1. The zero-order valence-corrected chi connectivity index (χ0v) is 17.6. The number of benzene rings is 1. The molecule has 6 nitrogen and oxygen atoms in total. The Morgan fingerprint density at radius 1 is 1.08 bits per heavy atom. The molecule has 1 aromatic heterocycles. The molecule has 0 aliphatic heterocycles. The van der Waals surface area contributed by atoms with Crippen LogP contribution in [0.15, 0.2) is 30.5 Å². The van der Waals surface area contributed by atoms with Gasteiger partial charge in [-0.15, -0.1) is 0 Å². The lowest BCUT2D eigenvalue weighted by atomic mass is 10.1. The summed E-state index contributed by atoms with van der Waals surface area (Å²) in [7, 11) is 0.518. The summed E-state index contributed by atoms with van der Waals surface area (Å²) in [5.74, 6) is 0. The van der Waals surface area contributed by atoms with Crippen LogP contribution in [0.1, 0.15) is 33.3 Å². The highest BCUT2D eigenvalue weighted by Crippen LogP contribution is 2.51. The van der Waals surface area contributed by atoms with E-state index in [1.807, 2.05) is 53.9 Å². The summed E-state index contributed by atoms with van der Waals surface area (Å²) < 4.78 is 29.9. The van der Waals surface area contributed by atoms with Gasteiger partial charge in [-0.05, 0) is 39.3 Å². The number of likely N-dealkylation sites (N-methyl/N-ethyl adjacent to an activating group) is 1. The first-order valence-corrected chi connectivity index (χ1v) is 10.5. The molecule has 0 unspecified atom stereocenters. The Kier molecular flexibility index (Phi) is 7.05. The molecule has 0 atom stereocenters. The molecule has 1 aromatic carbocycles. The SMILES string of the molecule is CC(C)OP(=O)(OC[N+](C)(C)CCc1c[nH]c2ccccc12)OC(C)C. The summed E-state index contributed by atoms with van der Waals surface area (Å²) >= 11 is 0. The third-order valence-corrected chi connectivity index (χ3v) is 5.70. The molecule has 1 N–H and O–H groups in total. The summed E-state index contributed by atoms with van der Waals surface area (Å²) in [6.07, 6.45) is 2.48. The first-order valence-electron chi connectivity index (χ1n) is 9.08. The fourth-order valence-corrected chi connectivity index (χ4v) is 4.31. The van der Waals surface area contributed by atoms with Crippen molar-refractivity contribution in [3.8, 4) is 0 Å². The van der Waals surface area contributed by atoms with E-state index in [9.17, 15) is 4.57 Å². The standard InChI is InChI=1S/C19H32N2O4P/c1-15(2)24-26(22,25-16(3)4)23-14-21(5,6)12-11-17-13-20-19-10-8-7-9-18(17)19/h7-10,13,15-16,20H,11-12,14H2,1-6H3/q+1. The molecule has 0 spiro atoms. The molecule has 0 amide bonds. The quantitative estimate of drug-likeness (QED) is 0.366. The molecule has 0 fully saturated rings. The molecule has 2 rings (SSSR count). The maximum atomic E-state index is 12.8. The second kappa shape index (κ2) is 8.68. The summed E-state index contributed by atoms with van der Waals surface area (Å²) in [4.78, 5) is 3.30. The van der Waals surface area contributed by atoms with E-state index in [-0.39, 0.29) is 18.9 Å². The highest BCUT2D eigenvalue weighted by molar-refractivity contribution is 7.48. The molecule has 146 valence electrons. The average molecular weight is 383 g/mol. The number of aromatic amines is 1. The third-order valence-electron chi connectivity index (χ3n) is 3.91. The van der Waals surface area contributed by atoms with Gasteiger partial charge in [-0.1, -0.05) is 18.2 Å². The number of para-hydroxylation sites is 1. The summed E-state index contributed by atoms with van der Waals surface area (Å²) in [6, 6.07) is 8.27. The molecule has 0 aliphatic rings. The van der Waals surface area contributed by atoms with Crippen molar-refractivity contribution in [1.29, 1.82) is 0 Å². The molecule has 0 aliphatic carbocycles. The predicted octanol–water partition coefficient (Wildman–Crippen LogP) is 4.72. The van der Waals surface area contributed by atoms with Gasteiger partial charge in [-0.3, -0.25) is 9.05 Å². The zero-order valence-electron chi connectivity index (χ0n) is 16.7. The Labute approximate surface area is 156 Å². The van der Waals surface area contributed by atoms with Crippen molar-refractivity contribution in [2.45, 2.75) is 46.3 Å². The van der Waals surface area contributed by atoms with Crippen molar-refractivity contribution in [2.24, 2.45) is 0 Å². The Morgan fingerprint density at radius 3 is 2.31 bits per heavy atom. The molecule has 2 aromatic rings. The van der Waals surface area contributed by atoms with Crippen molar-refractivity contribution in [3.63, 3.8) is 0 Å². The van der Waals surface area contributed by atoms with Crippen LogP contribution in [0.4, 0.5) is 0 Å². The monoisotopic (exact) mass is 383 g/mol. The van der Waals surface area contributed by atoms with Gasteiger partial charge in [0, 0.05) is 23.5 Å². The van der Waals surface area contributed by atoms with Crippen molar-refractivity contribution in [3.05, 3.63) is 36.0 Å². The van der Waals surface area contributed by atoms with E-state index in [0.29, 0.717) is 4.48 Å². The summed E-state index contributed by atoms with van der Waals surface area (Å²) in [5.41, 5.74) is 2.41. The minimum Gasteiger partial charge on any atom is -0.361 e. The van der Waals surface area contributed by atoms with Crippen LogP contribution < -0.4 is 0 Å². The molecule has 0 saturated carbocycles. The van der Waals surface area contributed by atoms with E-state index in [1.165, 1.54) is 10.9 Å². The second-order valence-electron chi connectivity index (χ2n) is 7.78. The van der Waals surface area contributed by atoms with Crippen molar-refractivity contribution < 1.29 is 22.6 Å². The van der Waals surface area contributed by atoms with Gasteiger partial charge in [0.15, 0.2) is 6.73 Å². The van der Waals surface area contributed by atoms with Crippen LogP contribution in [0.2, 0.25) is 0 Å². The van der Waals surface area contributed by atoms with Gasteiger partial charge in [0.1, 0.15) is 0 Å². The largest absolute Gasteiger partial charge is 0.479 e. The number of phosphoric acid groups is 1. The number of hydrogen-bond acceptors (Lipinski definition) is 4. The third kappa shape index (κ3) is 6.22. The number of quaternary nitrogens is 1. The number of aromatic nitrogens is 1. The van der Waals surface area contributed by atoms with Gasteiger partial charge < -0.3 is 9.47 Å². The van der Waals surface area contributed by atoms with Crippen LogP contribution in [0, 0.1) is 0 Å². The normalized spacial score (nSPS) is 13.2. The molecule has 0 saturated heterocycles. The first-order chi connectivity index (χ1) is 12.1. The number of hydrogen-bond donors (Lipinski definition) is 1. The summed E-state index contributed by atoms with van der Waals surface area (Å²) in [5, 5.41) is 1.24. The first kappa shape index (κ1) is 21.1. The minimum atomic E-state index is -3.57. The Bertz CT molecular complexity index is 741. The van der Waals surface area contributed by atoms with Gasteiger partial charge in [-0.25, -0.2) is 9.09 Å². The van der Waals surface area contributed by atoms with Crippen LogP contribution in [0.5, 0.6) is 0 Å². The number of rotatable bonds is 10. The van der Waals surface area contributed by atoms with Gasteiger partial charge in [-0.2, -0.15) is 0 Å². The zero-order chi connectivity index (χ0) is 19.4. The minimum absolute atomic E-state index is 0.235. The molecule has 26 heavy (non-hydrogen) atoms. The summed E-state index contributed by atoms with van der Waals surface area (Å²) in [6.45, 7) is 8.35. The molecular weight excluding hydrogens is 351 g/mol. The molecule has 1 heterocycles. The Morgan fingerprint density at radius 2 is 1.69 bits per heavy atom. The van der Waals surface area contributed by atoms with Gasteiger partial charge in [0.25, 0.3) is 0 Å². The van der Waals surface area contributed by atoms with Crippen LogP contribution in [-0.2, 0) is 24.6 Å². The Hall–Kier alpha value is -1.17. The number of nitrogens with one attached hydrogen (secondary N) is 1. The topological polar surface area (TPSA) is 60.5 Å². The van der Waals surface area contributed by atoms with Gasteiger partial charge >= 0.3 is 7.82 Å². The fraction of sp³-hybridized carbons (Fsp3) is 0.579. The molecule has 0 radical (unpaired) electrons. The van der Waals surface area contributed by atoms with Crippen LogP contribution >= 0.6 is 7.82 Å².